The topological polar surface area (TPSA) is 92.7 Å². The van der Waals surface area contributed by atoms with Gasteiger partial charge in [-0.05, 0) is 43.6 Å². The molecule has 0 radical (unpaired) electrons. The average molecular weight is 398 g/mol. The monoisotopic (exact) mass is 397 g/mol. The summed E-state index contributed by atoms with van der Waals surface area (Å²) < 4.78 is 1.54. The minimum absolute atomic E-state index is 0.0685. The Labute approximate surface area is 166 Å². The Morgan fingerprint density at radius 2 is 2.21 bits per heavy atom. The van der Waals surface area contributed by atoms with E-state index in [1.807, 2.05) is 30.5 Å². The van der Waals surface area contributed by atoms with Crippen molar-refractivity contribution in [3.63, 3.8) is 0 Å². The maximum absolute atomic E-state index is 12.5. The van der Waals surface area contributed by atoms with Crippen molar-refractivity contribution in [2.24, 2.45) is 0 Å². The summed E-state index contributed by atoms with van der Waals surface area (Å²) in [5.41, 5.74) is 2.23. The number of carbonyl (C=O) groups is 1. The van der Waals surface area contributed by atoms with Crippen LogP contribution in [0.15, 0.2) is 28.4 Å². The molecule has 0 aromatic carbocycles. The van der Waals surface area contributed by atoms with Gasteiger partial charge in [0, 0.05) is 18.1 Å². The third-order valence-electron chi connectivity index (χ3n) is 4.89. The van der Waals surface area contributed by atoms with Crippen molar-refractivity contribution >= 4 is 23.1 Å². The largest absolute Gasteiger partial charge is 0.310 e. The molecule has 0 aliphatic heterocycles. The van der Waals surface area contributed by atoms with E-state index in [0.717, 1.165) is 60.4 Å². The number of anilines is 1. The van der Waals surface area contributed by atoms with Gasteiger partial charge in [-0.25, -0.2) is 4.98 Å². The normalized spacial score (nSPS) is 13.3. The molecule has 0 saturated carbocycles. The molecule has 146 valence electrons. The third kappa shape index (κ3) is 3.77. The Morgan fingerprint density at radius 1 is 1.36 bits per heavy atom. The van der Waals surface area contributed by atoms with Crippen molar-refractivity contribution in [3.05, 3.63) is 45.2 Å². The lowest BCUT2D eigenvalue weighted by atomic mass is 9.97. The van der Waals surface area contributed by atoms with Crippen molar-refractivity contribution in [1.29, 1.82) is 0 Å². The van der Waals surface area contributed by atoms with E-state index in [9.17, 15) is 9.59 Å². The number of rotatable bonds is 6. The zero-order valence-corrected chi connectivity index (χ0v) is 16.6. The zero-order valence-electron chi connectivity index (χ0n) is 15.8. The summed E-state index contributed by atoms with van der Waals surface area (Å²) in [5.74, 6) is 0.795. The number of nitrogens with zero attached hydrogens (tertiary/aromatic N) is 3. The van der Waals surface area contributed by atoms with E-state index in [4.69, 9.17) is 0 Å². The molecule has 3 aromatic heterocycles. The zero-order chi connectivity index (χ0) is 19.5. The number of hydrogen-bond acceptors (Lipinski definition) is 5. The molecule has 0 spiro atoms. The molecular formula is C20H23N5O2S. The summed E-state index contributed by atoms with van der Waals surface area (Å²) in [5, 5.41) is 9.53. The van der Waals surface area contributed by atoms with Gasteiger partial charge in [-0.3, -0.25) is 14.6 Å². The molecule has 3 aromatic rings. The van der Waals surface area contributed by atoms with Crippen molar-refractivity contribution in [1.82, 2.24) is 19.7 Å². The van der Waals surface area contributed by atoms with Gasteiger partial charge in [0.1, 0.15) is 11.5 Å². The smallest absolute Gasteiger partial charge is 0.255 e. The first-order chi connectivity index (χ1) is 13.7. The number of aromatic nitrogens is 4. The number of nitrogens with one attached hydrogen (secondary N) is 2. The van der Waals surface area contributed by atoms with Crippen LogP contribution in [0.25, 0.3) is 16.5 Å². The van der Waals surface area contributed by atoms with Gasteiger partial charge in [-0.1, -0.05) is 19.4 Å². The molecule has 1 aliphatic carbocycles. The van der Waals surface area contributed by atoms with Crippen LogP contribution in [0.2, 0.25) is 0 Å². The number of unbranched alkanes of at least 4 members (excludes halogenated alkanes) is 1. The average Bonchev–Trinajstić information content (AvgIpc) is 3.36. The molecule has 4 rings (SSSR count). The summed E-state index contributed by atoms with van der Waals surface area (Å²) in [4.78, 5) is 33.4. The van der Waals surface area contributed by atoms with Gasteiger partial charge in [0.15, 0.2) is 0 Å². The van der Waals surface area contributed by atoms with Crippen LogP contribution >= 0.6 is 11.3 Å². The Balaban J connectivity index is 1.75. The first kappa shape index (κ1) is 18.6. The van der Waals surface area contributed by atoms with Crippen molar-refractivity contribution in [2.75, 3.05) is 5.32 Å². The summed E-state index contributed by atoms with van der Waals surface area (Å²) in [6.07, 6.45) is 5.83. The number of amides is 1. The summed E-state index contributed by atoms with van der Waals surface area (Å²) >= 11 is 1.57. The Hall–Kier alpha value is -2.74. The fourth-order valence-corrected chi connectivity index (χ4v) is 4.09. The van der Waals surface area contributed by atoms with Gasteiger partial charge in [0.2, 0.25) is 11.9 Å². The van der Waals surface area contributed by atoms with Gasteiger partial charge in [-0.15, -0.1) is 11.3 Å². The van der Waals surface area contributed by atoms with E-state index in [2.05, 4.69) is 20.4 Å². The number of thiophene rings is 1. The van der Waals surface area contributed by atoms with E-state index in [0.29, 0.717) is 18.2 Å². The van der Waals surface area contributed by atoms with Crippen LogP contribution in [0, 0.1) is 0 Å². The molecule has 3 heterocycles. The number of aromatic amines is 1. The Morgan fingerprint density at radius 3 is 3.00 bits per heavy atom. The highest BCUT2D eigenvalue weighted by atomic mass is 32.1. The van der Waals surface area contributed by atoms with Crippen LogP contribution < -0.4 is 10.9 Å². The van der Waals surface area contributed by atoms with Crippen molar-refractivity contribution in [3.8, 4) is 16.5 Å². The van der Waals surface area contributed by atoms with Crippen LogP contribution in [0.5, 0.6) is 0 Å². The highest BCUT2D eigenvalue weighted by Gasteiger charge is 2.20. The van der Waals surface area contributed by atoms with E-state index in [1.54, 1.807) is 11.3 Å². The summed E-state index contributed by atoms with van der Waals surface area (Å²) in [7, 11) is 0. The Bertz CT molecular complexity index is 1040. The molecule has 0 bridgehead atoms. The predicted octanol–water partition coefficient (Wildman–Crippen LogP) is 3.69. The van der Waals surface area contributed by atoms with E-state index in [1.165, 1.54) is 4.68 Å². The van der Waals surface area contributed by atoms with E-state index >= 15 is 0 Å². The van der Waals surface area contributed by atoms with E-state index < -0.39 is 0 Å². The van der Waals surface area contributed by atoms with Crippen LogP contribution in [0.3, 0.4) is 0 Å². The fraction of sp³-hybridized carbons (Fsp3) is 0.400. The lowest BCUT2D eigenvalue weighted by Gasteiger charge is -2.15. The second-order valence-electron chi connectivity index (χ2n) is 6.98. The van der Waals surface area contributed by atoms with Crippen molar-refractivity contribution < 1.29 is 4.79 Å². The quantitative estimate of drug-likeness (QED) is 0.663. The number of aryl methyl sites for hydroxylation is 1. The Kier molecular flexibility index (Phi) is 5.38. The van der Waals surface area contributed by atoms with E-state index in [-0.39, 0.29) is 11.5 Å². The van der Waals surface area contributed by atoms with Gasteiger partial charge >= 0.3 is 0 Å². The predicted molar refractivity (Wildman–Crippen MR) is 110 cm³/mol. The SMILES string of the molecule is CCCCC(=O)Nc1cc(-c2cccs2)nn1-c1nc2c(c(=O)[nH]1)CCCC2. The minimum atomic E-state index is -0.115. The summed E-state index contributed by atoms with van der Waals surface area (Å²) in [6.45, 7) is 2.05. The molecule has 7 nitrogen and oxygen atoms in total. The molecular weight excluding hydrogens is 374 g/mol. The highest BCUT2D eigenvalue weighted by Crippen LogP contribution is 2.28. The van der Waals surface area contributed by atoms with Crippen LogP contribution in [-0.4, -0.2) is 25.7 Å². The number of fused-ring (bicyclic) bond motifs is 1. The van der Waals surface area contributed by atoms with Gasteiger partial charge in [-0.2, -0.15) is 9.78 Å². The number of H-pyrrole nitrogens is 1. The first-order valence-electron chi connectivity index (χ1n) is 9.72. The van der Waals surface area contributed by atoms with Crippen LogP contribution in [0.1, 0.15) is 50.3 Å². The lowest BCUT2D eigenvalue weighted by molar-refractivity contribution is -0.116. The highest BCUT2D eigenvalue weighted by molar-refractivity contribution is 7.13. The molecule has 28 heavy (non-hydrogen) atoms. The van der Waals surface area contributed by atoms with Gasteiger partial charge in [0.25, 0.3) is 5.56 Å². The molecule has 0 unspecified atom stereocenters. The maximum Gasteiger partial charge on any atom is 0.255 e. The standard InChI is InChI=1S/C20H23N5O2S/c1-2-3-10-18(26)22-17-12-15(16-9-6-11-28-16)24-25(17)20-21-14-8-5-4-7-13(14)19(27)23-20/h6,9,11-12H,2-5,7-8,10H2,1H3,(H,22,26)(H,21,23,27). The maximum atomic E-state index is 12.5. The van der Waals surface area contributed by atoms with Crippen molar-refractivity contribution in [2.45, 2.75) is 51.9 Å². The molecule has 8 heteroatoms. The van der Waals surface area contributed by atoms with Gasteiger partial charge in [0.05, 0.1) is 10.6 Å². The molecule has 1 aliphatic rings. The second kappa shape index (κ2) is 8.10. The second-order valence-corrected chi connectivity index (χ2v) is 7.93. The minimum Gasteiger partial charge on any atom is -0.310 e. The lowest BCUT2D eigenvalue weighted by Crippen LogP contribution is -2.24. The molecule has 0 fully saturated rings. The van der Waals surface area contributed by atoms with Gasteiger partial charge < -0.3 is 5.32 Å². The fourth-order valence-electron chi connectivity index (χ4n) is 3.41. The van der Waals surface area contributed by atoms with Crippen LogP contribution in [-0.2, 0) is 17.6 Å². The van der Waals surface area contributed by atoms with Crippen LogP contribution in [0.4, 0.5) is 5.82 Å². The molecule has 0 atom stereocenters. The molecule has 1 amide bonds. The molecule has 2 N–H and O–H groups in total. The third-order valence-corrected chi connectivity index (χ3v) is 5.78. The molecule has 0 saturated heterocycles. The first-order valence-corrected chi connectivity index (χ1v) is 10.6. The number of carbonyl (C=O) groups excluding carboxylic acids is 1. The number of hydrogen-bond donors (Lipinski definition) is 2. The summed E-state index contributed by atoms with van der Waals surface area (Å²) in [6, 6.07) is 5.76.